The standard InChI is InChI=1S/C29H21NO/c31-29-18-27-24-9-6-21(20-12-14-30-15-13-20)16-23(24)8-11-25(27)26-10-7-22(17-28(26)29)19-4-2-1-3-5-19/h1-16,22H,17-18H2. The van der Waals surface area contributed by atoms with Crippen molar-refractivity contribution in [1.82, 2.24) is 4.98 Å². The molecule has 0 N–H and O–H groups in total. The van der Waals surface area contributed by atoms with Crippen LogP contribution in [0.25, 0.3) is 27.5 Å². The normalized spacial score (nSPS) is 17.5. The predicted molar refractivity (Wildman–Crippen MR) is 126 cm³/mol. The Labute approximate surface area is 181 Å². The summed E-state index contributed by atoms with van der Waals surface area (Å²) in [6, 6.07) is 25.4. The summed E-state index contributed by atoms with van der Waals surface area (Å²) >= 11 is 0. The van der Waals surface area contributed by atoms with Gasteiger partial charge in [0.25, 0.3) is 0 Å². The Kier molecular flexibility index (Phi) is 4.17. The number of ketones is 1. The Bertz CT molecular complexity index is 1380. The molecular formula is C29H21NO. The number of hydrogen-bond donors (Lipinski definition) is 0. The molecule has 6 rings (SSSR count). The molecule has 4 aromatic rings. The Morgan fingerprint density at radius 1 is 0.839 bits per heavy atom. The second kappa shape index (κ2) is 7.17. The average molecular weight is 399 g/mol. The van der Waals surface area contributed by atoms with Crippen molar-refractivity contribution < 1.29 is 4.79 Å². The van der Waals surface area contributed by atoms with E-state index in [0.717, 1.165) is 28.7 Å². The first kappa shape index (κ1) is 18.0. The average Bonchev–Trinajstić information content (AvgIpc) is 2.84. The molecule has 0 radical (unpaired) electrons. The van der Waals surface area contributed by atoms with Gasteiger partial charge in [-0.15, -0.1) is 0 Å². The summed E-state index contributed by atoms with van der Waals surface area (Å²) in [5.41, 5.74) is 8.05. The second-order valence-corrected chi connectivity index (χ2v) is 8.34. The monoisotopic (exact) mass is 399 g/mol. The molecule has 1 heterocycles. The lowest BCUT2D eigenvalue weighted by Crippen LogP contribution is -2.19. The smallest absolute Gasteiger partial charge is 0.163 e. The molecule has 2 aliphatic rings. The van der Waals surface area contributed by atoms with Crippen molar-refractivity contribution in [3.8, 4) is 11.1 Å². The van der Waals surface area contributed by atoms with Crippen molar-refractivity contribution in [2.45, 2.75) is 18.8 Å². The Morgan fingerprint density at radius 2 is 1.68 bits per heavy atom. The van der Waals surface area contributed by atoms with Gasteiger partial charge in [-0.1, -0.05) is 66.7 Å². The maximum absolute atomic E-state index is 13.2. The van der Waals surface area contributed by atoms with Gasteiger partial charge in [0.2, 0.25) is 0 Å². The molecule has 0 amide bonds. The molecule has 1 aromatic heterocycles. The second-order valence-electron chi connectivity index (χ2n) is 8.34. The lowest BCUT2D eigenvalue weighted by molar-refractivity contribution is -0.115. The van der Waals surface area contributed by atoms with Gasteiger partial charge in [-0.05, 0) is 68.8 Å². The fourth-order valence-corrected chi connectivity index (χ4v) is 4.98. The molecule has 1 atom stereocenters. The molecular weight excluding hydrogens is 378 g/mol. The number of aromatic nitrogens is 1. The van der Waals surface area contributed by atoms with Gasteiger partial charge in [0, 0.05) is 30.3 Å². The quantitative estimate of drug-likeness (QED) is 0.384. The predicted octanol–water partition coefficient (Wildman–Crippen LogP) is 6.52. The summed E-state index contributed by atoms with van der Waals surface area (Å²) in [6.45, 7) is 0. The summed E-state index contributed by atoms with van der Waals surface area (Å²) in [5, 5.41) is 2.35. The van der Waals surface area contributed by atoms with Gasteiger partial charge in [-0.25, -0.2) is 0 Å². The van der Waals surface area contributed by atoms with Crippen LogP contribution in [-0.4, -0.2) is 10.8 Å². The molecule has 0 aliphatic heterocycles. The van der Waals surface area contributed by atoms with Crippen molar-refractivity contribution >= 4 is 22.1 Å². The zero-order valence-corrected chi connectivity index (χ0v) is 17.1. The third-order valence-corrected chi connectivity index (χ3v) is 6.58. The van der Waals surface area contributed by atoms with Crippen LogP contribution in [0.2, 0.25) is 0 Å². The van der Waals surface area contributed by atoms with E-state index in [2.05, 4.69) is 71.7 Å². The first-order valence-corrected chi connectivity index (χ1v) is 10.7. The van der Waals surface area contributed by atoms with Crippen molar-refractivity contribution in [1.29, 1.82) is 0 Å². The highest BCUT2D eigenvalue weighted by Crippen LogP contribution is 2.42. The molecule has 0 spiro atoms. The van der Waals surface area contributed by atoms with Gasteiger partial charge in [-0.3, -0.25) is 9.78 Å². The number of carbonyl (C=O) groups is 1. The summed E-state index contributed by atoms with van der Waals surface area (Å²) < 4.78 is 0. The third-order valence-electron chi connectivity index (χ3n) is 6.58. The zero-order valence-electron chi connectivity index (χ0n) is 17.1. The highest BCUT2D eigenvalue weighted by molar-refractivity contribution is 6.12. The van der Waals surface area contributed by atoms with E-state index in [1.54, 1.807) is 0 Å². The number of hydrogen-bond acceptors (Lipinski definition) is 2. The van der Waals surface area contributed by atoms with E-state index in [1.807, 2.05) is 30.6 Å². The van der Waals surface area contributed by atoms with Crippen molar-refractivity contribution in [3.63, 3.8) is 0 Å². The Morgan fingerprint density at radius 3 is 2.52 bits per heavy atom. The van der Waals surface area contributed by atoms with E-state index in [1.165, 1.54) is 27.5 Å². The minimum Gasteiger partial charge on any atom is -0.294 e. The van der Waals surface area contributed by atoms with E-state index in [4.69, 9.17) is 0 Å². The fraction of sp³-hybridized carbons (Fsp3) is 0.103. The molecule has 148 valence electrons. The van der Waals surface area contributed by atoms with Crippen molar-refractivity contribution in [2.75, 3.05) is 0 Å². The van der Waals surface area contributed by atoms with Crippen LogP contribution in [0.1, 0.15) is 29.0 Å². The summed E-state index contributed by atoms with van der Waals surface area (Å²) in [6.07, 6.45) is 9.33. The van der Waals surface area contributed by atoms with Crippen LogP contribution in [0.3, 0.4) is 0 Å². The Balaban J connectivity index is 1.43. The molecule has 1 unspecified atom stereocenters. The van der Waals surface area contributed by atoms with Crippen LogP contribution in [0.4, 0.5) is 0 Å². The first-order chi connectivity index (χ1) is 15.3. The number of nitrogens with zero attached hydrogens (tertiary/aromatic N) is 1. The molecule has 3 aromatic carbocycles. The molecule has 2 heteroatoms. The lowest BCUT2D eigenvalue weighted by Gasteiger charge is -2.28. The lowest BCUT2D eigenvalue weighted by atomic mass is 9.75. The van der Waals surface area contributed by atoms with Crippen LogP contribution < -0.4 is 0 Å². The van der Waals surface area contributed by atoms with E-state index in [-0.39, 0.29) is 11.7 Å². The maximum atomic E-state index is 13.2. The summed E-state index contributed by atoms with van der Waals surface area (Å²) in [4.78, 5) is 17.3. The maximum Gasteiger partial charge on any atom is 0.163 e. The topological polar surface area (TPSA) is 30.0 Å². The third kappa shape index (κ3) is 3.03. The number of rotatable bonds is 2. The molecule has 0 fully saturated rings. The molecule has 31 heavy (non-hydrogen) atoms. The van der Waals surface area contributed by atoms with Gasteiger partial charge in [0.15, 0.2) is 5.78 Å². The number of fused-ring (bicyclic) bond motifs is 4. The Hall–Kier alpha value is -3.78. The van der Waals surface area contributed by atoms with Gasteiger partial charge in [-0.2, -0.15) is 0 Å². The number of pyridine rings is 1. The van der Waals surface area contributed by atoms with Crippen LogP contribution in [0.15, 0.2) is 103 Å². The SMILES string of the molecule is O=C1Cc2c(ccc3cc(-c4ccncc4)ccc23)C2=C1CC(c1ccccc1)C=C2. The molecule has 0 saturated heterocycles. The molecule has 2 nitrogen and oxygen atoms in total. The highest BCUT2D eigenvalue weighted by atomic mass is 16.1. The minimum atomic E-state index is 0.262. The first-order valence-electron chi connectivity index (χ1n) is 10.7. The molecule has 0 saturated carbocycles. The molecule has 2 aliphatic carbocycles. The fourth-order valence-electron chi connectivity index (χ4n) is 4.98. The van der Waals surface area contributed by atoms with Crippen molar-refractivity contribution in [3.05, 3.63) is 120 Å². The number of allylic oxidation sites excluding steroid dienone is 4. The minimum absolute atomic E-state index is 0.262. The van der Waals surface area contributed by atoms with Gasteiger partial charge in [0.05, 0.1) is 0 Å². The van der Waals surface area contributed by atoms with Gasteiger partial charge in [0.1, 0.15) is 0 Å². The number of benzene rings is 3. The number of carbonyl (C=O) groups excluding carboxylic acids is 1. The summed E-state index contributed by atoms with van der Waals surface area (Å²) in [5.74, 6) is 0.535. The van der Waals surface area contributed by atoms with Crippen LogP contribution in [0, 0.1) is 0 Å². The van der Waals surface area contributed by atoms with E-state index in [9.17, 15) is 4.79 Å². The largest absolute Gasteiger partial charge is 0.294 e. The van der Waals surface area contributed by atoms with E-state index >= 15 is 0 Å². The van der Waals surface area contributed by atoms with Crippen LogP contribution in [-0.2, 0) is 11.2 Å². The van der Waals surface area contributed by atoms with Crippen LogP contribution >= 0.6 is 0 Å². The van der Waals surface area contributed by atoms with E-state index < -0.39 is 0 Å². The van der Waals surface area contributed by atoms with Gasteiger partial charge >= 0.3 is 0 Å². The highest BCUT2D eigenvalue weighted by Gasteiger charge is 2.29. The zero-order chi connectivity index (χ0) is 20.8. The van der Waals surface area contributed by atoms with E-state index in [0.29, 0.717) is 6.42 Å². The summed E-state index contributed by atoms with van der Waals surface area (Å²) in [7, 11) is 0. The van der Waals surface area contributed by atoms with Gasteiger partial charge < -0.3 is 0 Å². The number of Topliss-reactive ketones (excluding diaryl/α,β-unsaturated/α-hetero) is 1. The molecule has 0 bridgehead atoms. The van der Waals surface area contributed by atoms with Crippen molar-refractivity contribution in [2.24, 2.45) is 0 Å². The van der Waals surface area contributed by atoms with Crippen LogP contribution in [0.5, 0.6) is 0 Å².